The third-order valence-corrected chi connectivity index (χ3v) is 3.31. The largest absolute Gasteiger partial charge is 0.492 e. The number of hydrogen-bond acceptors (Lipinski definition) is 2. The number of nitrogens with zero attached hydrogens (tertiary/aromatic N) is 1. The number of aryl methyl sites for hydroxylation is 1. The molecule has 19 heavy (non-hydrogen) atoms. The first-order valence-corrected chi connectivity index (χ1v) is 6.64. The highest BCUT2D eigenvalue weighted by Gasteiger charge is 2.12. The topological polar surface area (TPSA) is 51.5 Å². The Kier molecular flexibility index (Phi) is 4.27. The zero-order valence-electron chi connectivity index (χ0n) is 10.5. The van der Waals surface area contributed by atoms with Gasteiger partial charge in [0.15, 0.2) is 0 Å². The van der Waals surface area contributed by atoms with E-state index in [2.05, 4.69) is 15.9 Å². The fourth-order valence-electron chi connectivity index (χ4n) is 1.85. The molecule has 1 aromatic heterocycles. The molecule has 2 aromatic rings. The van der Waals surface area contributed by atoms with Crippen LogP contribution in [0.1, 0.15) is 16.1 Å². The third kappa shape index (κ3) is 3.38. The first-order valence-electron chi connectivity index (χ1n) is 5.85. The number of carboxylic acids is 1. The highest BCUT2D eigenvalue weighted by Crippen LogP contribution is 2.16. The van der Waals surface area contributed by atoms with Gasteiger partial charge >= 0.3 is 5.97 Å². The number of carboxylic acid groups (broad SMARTS) is 1. The van der Waals surface area contributed by atoms with Crippen molar-refractivity contribution in [3.63, 3.8) is 0 Å². The second-order valence-corrected chi connectivity index (χ2v) is 5.06. The van der Waals surface area contributed by atoms with Crippen molar-refractivity contribution in [3.8, 4) is 5.75 Å². The molecule has 1 N–H and O–H groups in total. The molecule has 0 fully saturated rings. The van der Waals surface area contributed by atoms with Crippen LogP contribution >= 0.6 is 15.9 Å². The Morgan fingerprint density at radius 3 is 2.63 bits per heavy atom. The first-order chi connectivity index (χ1) is 9.08. The lowest BCUT2D eigenvalue weighted by Gasteiger charge is -2.09. The van der Waals surface area contributed by atoms with Crippen LogP contribution in [0.25, 0.3) is 0 Å². The first kappa shape index (κ1) is 13.7. The Bertz CT molecular complexity index is 575. The highest BCUT2D eigenvalue weighted by atomic mass is 79.9. The minimum Gasteiger partial charge on any atom is -0.492 e. The van der Waals surface area contributed by atoms with Gasteiger partial charge in [0.05, 0.1) is 6.54 Å². The molecule has 0 aliphatic carbocycles. The minimum atomic E-state index is -0.911. The van der Waals surface area contributed by atoms with Crippen LogP contribution in [0, 0.1) is 6.92 Å². The van der Waals surface area contributed by atoms with E-state index in [-0.39, 0.29) is 0 Å². The highest BCUT2D eigenvalue weighted by molar-refractivity contribution is 9.10. The molecule has 0 atom stereocenters. The summed E-state index contributed by atoms with van der Waals surface area (Å²) in [6, 6.07) is 9.32. The van der Waals surface area contributed by atoms with Crippen LogP contribution in [-0.4, -0.2) is 22.2 Å². The van der Waals surface area contributed by atoms with Crippen molar-refractivity contribution in [1.82, 2.24) is 4.57 Å². The summed E-state index contributed by atoms with van der Waals surface area (Å²) in [6.07, 6.45) is 1.77. The van der Waals surface area contributed by atoms with Gasteiger partial charge in [0.1, 0.15) is 18.1 Å². The van der Waals surface area contributed by atoms with E-state index in [4.69, 9.17) is 9.84 Å². The monoisotopic (exact) mass is 323 g/mol. The van der Waals surface area contributed by atoms with Gasteiger partial charge in [-0.05, 0) is 42.8 Å². The van der Waals surface area contributed by atoms with Gasteiger partial charge in [0.2, 0.25) is 0 Å². The Morgan fingerprint density at radius 2 is 2.00 bits per heavy atom. The number of ether oxygens (including phenoxy) is 1. The van der Waals surface area contributed by atoms with Gasteiger partial charge in [0, 0.05) is 10.7 Å². The van der Waals surface area contributed by atoms with Crippen LogP contribution in [0.3, 0.4) is 0 Å². The summed E-state index contributed by atoms with van der Waals surface area (Å²) in [5.41, 5.74) is 1.08. The smallest absolute Gasteiger partial charge is 0.352 e. The quantitative estimate of drug-likeness (QED) is 0.918. The molecular formula is C14H14BrNO3. The van der Waals surface area contributed by atoms with Gasteiger partial charge < -0.3 is 14.4 Å². The fraction of sp³-hybridized carbons (Fsp3) is 0.214. The number of aromatic nitrogens is 1. The summed E-state index contributed by atoms with van der Waals surface area (Å²) in [5.74, 6) is -0.143. The molecule has 1 aromatic carbocycles. The Hall–Kier alpha value is -1.75. The molecule has 0 radical (unpaired) electrons. The van der Waals surface area contributed by atoms with Crippen molar-refractivity contribution < 1.29 is 14.6 Å². The van der Waals surface area contributed by atoms with E-state index in [0.717, 1.165) is 15.8 Å². The number of rotatable bonds is 5. The van der Waals surface area contributed by atoms with E-state index in [9.17, 15) is 4.79 Å². The van der Waals surface area contributed by atoms with E-state index < -0.39 is 5.97 Å². The van der Waals surface area contributed by atoms with Crippen LogP contribution in [0.5, 0.6) is 5.75 Å². The van der Waals surface area contributed by atoms with E-state index in [1.165, 1.54) is 0 Å². The number of aromatic carboxylic acids is 1. The zero-order valence-corrected chi connectivity index (χ0v) is 12.1. The Balaban J connectivity index is 1.96. The predicted octanol–water partition coefficient (Wildman–Crippen LogP) is 3.34. The molecule has 2 rings (SSSR count). The summed E-state index contributed by atoms with van der Waals surface area (Å²) in [7, 11) is 0. The number of carbonyl (C=O) groups is 1. The van der Waals surface area contributed by atoms with Crippen molar-refractivity contribution in [1.29, 1.82) is 0 Å². The second-order valence-electron chi connectivity index (χ2n) is 4.15. The predicted molar refractivity (Wildman–Crippen MR) is 75.8 cm³/mol. The average Bonchev–Trinajstić information content (AvgIpc) is 2.73. The van der Waals surface area contributed by atoms with Crippen LogP contribution < -0.4 is 4.74 Å². The van der Waals surface area contributed by atoms with Gasteiger partial charge in [0.25, 0.3) is 0 Å². The van der Waals surface area contributed by atoms with Crippen molar-refractivity contribution in [2.45, 2.75) is 13.5 Å². The van der Waals surface area contributed by atoms with Crippen molar-refractivity contribution in [2.24, 2.45) is 0 Å². The molecule has 0 unspecified atom stereocenters. The van der Waals surface area contributed by atoms with Gasteiger partial charge in [-0.2, -0.15) is 0 Å². The van der Waals surface area contributed by atoms with Gasteiger partial charge in [-0.25, -0.2) is 4.79 Å². The van der Waals surface area contributed by atoms with Gasteiger partial charge in [-0.1, -0.05) is 15.9 Å². The van der Waals surface area contributed by atoms with E-state index >= 15 is 0 Å². The molecule has 100 valence electrons. The molecule has 0 saturated carbocycles. The molecule has 0 bridgehead atoms. The lowest BCUT2D eigenvalue weighted by molar-refractivity contribution is 0.0683. The molecule has 0 aliphatic rings. The minimum absolute atomic E-state index is 0.319. The third-order valence-electron chi connectivity index (χ3n) is 2.78. The molecule has 0 spiro atoms. The lowest BCUT2D eigenvalue weighted by Crippen LogP contribution is -2.13. The SMILES string of the molecule is Cc1ccn(CCOc2ccc(Br)cc2)c1C(=O)O. The zero-order chi connectivity index (χ0) is 13.8. The van der Waals surface area contributed by atoms with Crippen LogP contribution in [0.4, 0.5) is 0 Å². The molecular weight excluding hydrogens is 310 g/mol. The van der Waals surface area contributed by atoms with Gasteiger partial charge in [-0.3, -0.25) is 0 Å². The standard InChI is InChI=1S/C14H14BrNO3/c1-10-6-7-16(13(10)14(17)18)8-9-19-12-4-2-11(15)3-5-12/h2-7H,8-9H2,1H3,(H,17,18). The fourth-order valence-corrected chi connectivity index (χ4v) is 2.12. The number of benzene rings is 1. The second kappa shape index (κ2) is 5.93. The van der Waals surface area contributed by atoms with Gasteiger partial charge in [-0.15, -0.1) is 0 Å². The van der Waals surface area contributed by atoms with E-state index in [1.807, 2.05) is 24.3 Å². The maximum atomic E-state index is 11.1. The summed E-state index contributed by atoms with van der Waals surface area (Å²) in [5, 5.41) is 9.12. The Labute approximate surface area is 119 Å². The van der Waals surface area contributed by atoms with Crippen molar-refractivity contribution >= 4 is 21.9 Å². The molecule has 0 amide bonds. The van der Waals surface area contributed by atoms with Crippen LogP contribution in [-0.2, 0) is 6.54 Å². The van der Waals surface area contributed by atoms with Crippen molar-refractivity contribution in [3.05, 3.63) is 52.3 Å². The summed E-state index contributed by atoms with van der Waals surface area (Å²) in [4.78, 5) is 11.1. The summed E-state index contributed by atoms with van der Waals surface area (Å²) < 4.78 is 8.26. The lowest BCUT2D eigenvalue weighted by atomic mass is 10.3. The summed E-state index contributed by atoms with van der Waals surface area (Å²) in [6.45, 7) is 2.72. The Morgan fingerprint density at radius 1 is 1.32 bits per heavy atom. The van der Waals surface area contributed by atoms with E-state index in [1.54, 1.807) is 23.8 Å². The normalized spacial score (nSPS) is 10.4. The number of halogens is 1. The van der Waals surface area contributed by atoms with Crippen molar-refractivity contribution in [2.75, 3.05) is 6.61 Å². The average molecular weight is 324 g/mol. The molecule has 5 heteroatoms. The molecule has 4 nitrogen and oxygen atoms in total. The van der Waals surface area contributed by atoms with Crippen LogP contribution in [0.2, 0.25) is 0 Å². The van der Waals surface area contributed by atoms with E-state index in [0.29, 0.717) is 18.8 Å². The molecule has 1 heterocycles. The molecule has 0 saturated heterocycles. The number of hydrogen-bond donors (Lipinski definition) is 1. The van der Waals surface area contributed by atoms with Crippen LogP contribution in [0.15, 0.2) is 41.0 Å². The summed E-state index contributed by atoms with van der Waals surface area (Å²) >= 11 is 3.35. The maximum absolute atomic E-state index is 11.1. The molecule has 0 aliphatic heterocycles. The maximum Gasteiger partial charge on any atom is 0.352 e.